The first kappa shape index (κ1) is 9.89. The Labute approximate surface area is 63.0 Å². The minimum Gasteiger partial charge on any atom is -1.00 e. The summed E-state index contributed by atoms with van der Waals surface area (Å²) >= 11 is 0. The molecule has 1 fully saturated rings. The summed E-state index contributed by atoms with van der Waals surface area (Å²) in [6.07, 6.45) is 4.25. The van der Waals surface area contributed by atoms with E-state index < -0.39 is 0 Å². The van der Waals surface area contributed by atoms with Gasteiger partial charge in [-0.2, -0.15) is 0 Å². The Morgan fingerprint density at radius 2 is 1.70 bits per heavy atom. The van der Waals surface area contributed by atoms with Crippen LogP contribution in [-0.2, 0) is 0 Å². The molecule has 0 N–H and O–H groups in total. The number of hydrogen-bond acceptors (Lipinski definition) is 0. The van der Waals surface area contributed by atoms with Crippen LogP contribution in [0.15, 0.2) is 0 Å². The second-order valence-electron chi connectivity index (χ2n) is 3.50. The molecule has 1 saturated heterocycles. The van der Waals surface area contributed by atoms with E-state index >= 15 is 0 Å². The third-order valence-corrected chi connectivity index (χ3v) is 2.41. The summed E-state index contributed by atoms with van der Waals surface area (Å²) in [5, 5.41) is 0. The molecule has 0 spiro atoms. The van der Waals surface area contributed by atoms with E-state index in [1.54, 1.807) is 0 Å². The SMILES string of the molecule is CCC[N+]1(C)CCCC1.[F-]. The molecule has 0 radical (unpaired) electrons. The summed E-state index contributed by atoms with van der Waals surface area (Å²) in [7, 11) is 2.39. The number of rotatable bonds is 2. The quantitative estimate of drug-likeness (QED) is 0.423. The average Bonchev–Trinajstić information content (AvgIpc) is 2.16. The summed E-state index contributed by atoms with van der Waals surface area (Å²) in [5.41, 5.74) is 0. The summed E-state index contributed by atoms with van der Waals surface area (Å²) in [5.74, 6) is 0. The van der Waals surface area contributed by atoms with Crippen molar-refractivity contribution in [2.45, 2.75) is 26.2 Å². The lowest BCUT2D eigenvalue weighted by Gasteiger charge is -2.28. The maximum absolute atomic E-state index is 2.39. The Kier molecular flexibility index (Phi) is 3.87. The average molecular weight is 147 g/mol. The molecule has 1 aliphatic rings. The highest BCUT2D eigenvalue weighted by Crippen LogP contribution is 2.15. The minimum atomic E-state index is 0. The highest BCUT2D eigenvalue weighted by Gasteiger charge is 2.24. The zero-order valence-electron chi connectivity index (χ0n) is 7.07. The number of nitrogens with zero attached hydrogens (tertiary/aromatic N) is 1. The van der Waals surface area contributed by atoms with Crippen LogP contribution in [0.25, 0.3) is 0 Å². The molecule has 0 amide bonds. The van der Waals surface area contributed by atoms with E-state index in [0.717, 1.165) is 0 Å². The normalized spacial score (nSPS) is 22.2. The molecule has 1 nitrogen and oxygen atoms in total. The van der Waals surface area contributed by atoms with Crippen LogP contribution in [0.3, 0.4) is 0 Å². The topological polar surface area (TPSA) is 0 Å². The Hall–Kier alpha value is -0.110. The lowest BCUT2D eigenvalue weighted by Crippen LogP contribution is -3.00. The van der Waals surface area contributed by atoms with Crippen molar-refractivity contribution in [3.63, 3.8) is 0 Å². The van der Waals surface area contributed by atoms with Gasteiger partial charge >= 0.3 is 0 Å². The molecule has 0 aromatic heterocycles. The van der Waals surface area contributed by atoms with Crippen molar-refractivity contribution < 1.29 is 9.19 Å². The first-order chi connectivity index (χ1) is 4.27. The summed E-state index contributed by atoms with van der Waals surface area (Å²) in [6.45, 7) is 6.52. The van der Waals surface area contributed by atoms with E-state index in [2.05, 4.69) is 14.0 Å². The van der Waals surface area contributed by atoms with Crippen molar-refractivity contribution in [1.82, 2.24) is 0 Å². The van der Waals surface area contributed by atoms with Gasteiger partial charge in [-0.05, 0) is 6.42 Å². The highest BCUT2D eigenvalue weighted by molar-refractivity contribution is 4.50. The van der Waals surface area contributed by atoms with E-state index in [-0.39, 0.29) is 4.70 Å². The fourth-order valence-corrected chi connectivity index (χ4v) is 1.86. The van der Waals surface area contributed by atoms with Crippen LogP contribution in [0.1, 0.15) is 26.2 Å². The zero-order valence-corrected chi connectivity index (χ0v) is 7.07. The van der Waals surface area contributed by atoms with E-state index in [1.165, 1.54) is 43.4 Å². The number of likely N-dealkylation sites (tertiary alicyclic amines) is 1. The second-order valence-corrected chi connectivity index (χ2v) is 3.50. The maximum atomic E-state index is 2.39. The monoisotopic (exact) mass is 147 g/mol. The summed E-state index contributed by atoms with van der Waals surface area (Å²) in [6, 6.07) is 0. The van der Waals surface area contributed by atoms with Crippen molar-refractivity contribution in [2.24, 2.45) is 0 Å². The van der Waals surface area contributed by atoms with Gasteiger partial charge in [0.1, 0.15) is 0 Å². The standard InChI is InChI=1S/C8H18N.FH/c1-3-6-9(2)7-4-5-8-9;/h3-8H2,1-2H3;1H/q+1;/p-1. The van der Waals surface area contributed by atoms with E-state index in [4.69, 9.17) is 0 Å². The molecule has 10 heavy (non-hydrogen) atoms. The molecular formula is C8H18FN. The number of hydrogen-bond donors (Lipinski definition) is 0. The molecule has 2 heteroatoms. The molecule has 62 valence electrons. The van der Waals surface area contributed by atoms with Gasteiger partial charge in [0.2, 0.25) is 0 Å². The van der Waals surface area contributed by atoms with Crippen LogP contribution in [0.2, 0.25) is 0 Å². The van der Waals surface area contributed by atoms with Gasteiger partial charge in [-0.3, -0.25) is 0 Å². The fourth-order valence-electron chi connectivity index (χ4n) is 1.86. The van der Waals surface area contributed by atoms with Crippen LogP contribution >= 0.6 is 0 Å². The lowest BCUT2D eigenvalue weighted by atomic mass is 10.4. The van der Waals surface area contributed by atoms with Crippen molar-refractivity contribution in [3.8, 4) is 0 Å². The molecule has 0 unspecified atom stereocenters. The Balaban J connectivity index is 0.000000810. The second kappa shape index (κ2) is 3.91. The number of quaternary nitrogens is 1. The minimum absolute atomic E-state index is 0. The van der Waals surface area contributed by atoms with Gasteiger partial charge in [0.15, 0.2) is 0 Å². The molecule has 0 aromatic rings. The maximum Gasteiger partial charge on any atom is 0.0786 e. The van der Waals surface area contributed by atoms with Crippen LogP contribution < -0.4 is 4.70 Å². The van der Waals surface area contributed by atoms with Crippen molar-refractivity contribution in [3.05, 3.63) is 0 Å². The third kappa shape index (κ3) is 2.25. The Bertz CT molecular complexity index is 87.3. The molecular weight excluding hydrogens is 129 g/mol. The molecule has 1 rings (SSSR count). The van der Waals surface area contributed by atoms with E-state index in [9.17, 15) is 0 Å². The first-order valence-electron chi connectivity index (χ1n) is 4.10. The third-order valence-electron chi connectivity index (χ3n) is 2.41. The first-order valence-corrected chi connectivity index (χ1v) is 4.10. The largest absolute Gasteiger partial charge is 1.00 e. The lowest BCUT2D eigenvalue weighted by molar-refractivity contribution is -0.897. The predicted molar refractivity (Wildman–Crippen MR) is 40.3 cm³/mol. The fraction of sp³-hybridized carbons (Fsp3) is 1.00. The Morgan fingerprint density at radius 3 is 2.10 bits per heavy atom. The molecule has 0 saturated carbocycles. The van der Waals surface area contributed by atoms with Gasteiger partial charge in [0.05, 0.1) is 26.7 Å². The van der Waals surface area contributed by atoms with Crippen LogP contribution in [0, 0.1) is 0 Å². The molecule has 0 atom stereocenters. The molecule has 1 aliphatic heterocycles. The van der Waals surface area contributed by atoms with Crippen molar-refractivity contribution >= 4 is 0 Å². The van der Waals surface area contributed by atoms with Gasteiger partial charge in [0.25, 0.3) is 0 Å². The van der Waals surface area contributed by atoms with E-state index in [0.29, 0.717) is 0 Å². The van der Waals surface area contributed by atoms with Crippen LogP contribution in [0.4, 0.5) is 0 Å². The van der Waals surface area contributed by atoms with Crippen molar-refractivity contribution in [2.75, 3.05) is 26.7 Å². The summed E-state index contributed by atoms with van der Waals surface area (Å²) in [4.78, 5) is 0. The smallest absolute Gasteiger partial charge is 0.0786 e. The number of halogens is 1. The van der Waals surface area contributed by atoms with Gasteiger partial charge < -0.3 is 9.19 Å². The van der Waals surface area contributed by atoms with E-state index in [1.807, 2.05) is 0 Å². The Morgan fingerprint density at radius 1 is 1.20 bits per heavy atom. The van der Waals surface area contributed by atoms with Gasteiger partial charge in [-0.1, -0.05) is 6.92 Å². The summed E-state index contributed by atoms with van der Waals surface area (Å²) < 4.78 is 1.34. The van der Waals surface area contributed by atoms with Gasteiger partial charge in [-0.15, -0.1) is 0 Å². The van der Waals surface area contributed by atoms with Gasteiger partial charge in [-0.25, -0.2) is 0 Å². The van der Waals surface area contributed by atoms with Gasteiger partial charge in [0, 0.05) is 12.8 Å². The van der Waals surface area contributed by atoms with Crippen LogP contribution in [-0.4, -0.2) is 31.2 Å². The molecule has 0 aromatic carbocycles. The van der Waals surface area contributed by atoms with Crippen LogP contribution in [0.5, 0.6) is 0 Å². The molecule has 0 bridgehead atoms. The van der Waals surface area contributed by atoms with Crippen molar-refractivity contribution in [1.29, 1.82) is 0 Å². The highest BCUT2D eigenvalue weighted by atomic mass is 19.0. The predicted octanol–water partition coefficient (Wildman–Crippen LogP) is -1.36. The zero-order chi connectivity index (χ0) is 6.74. The molecule has 0 aliphatic carbocycles. The molecule has 1 heterocycles.